The van der Waals surface area contributed by atoms with Crippen LogP contribution >= 0.6 is 0 Å². The van der Waals surface area contributed by atoms with Crippen molar-refractivity contribution in [3.05, 3.63) is 42.5 Å². The number of methoxy groups -OCH3 is 2. The lowest BCUT2D eigenvalue weighted by Gasteiger charge is -2.12. The highest BCUT2D eigenvalue weighted by molar-refractivity contribution is 7.91. The van der Waals surface area contributed by atoms with Gasteiger partial charge in [0.05, 0.1) is 39.7 Å². The summed E-state index contributed by atoms with van der Waals surface area (Å²) in [4.78, 5) is 8.08. The van der Waals surface area contributed by atoms with Crippen LogP contribution in [0.2, 0.25) is 0 Å². The van der Waals surface area contributed by atoms with Gasteiger partial charge >= 0.3 is 0 Å². The molecule has 0 amide bonds. The van der Waals surface area contributed by atoms with Gasteiger partial charge < -0.3 is 14.2 Å². The number of rotatable bonds is 5. The highest BCUT2D eigenvalue weighted by Gasteiger charge is 2.15. The second-order valence-corrected chi connectivity index (χ2v) is 7.57. The van der Waals surface area contributed by atoms with E-state index in [1.807, 2.05) is 0 Å². The minimum atomic E-state index is -3.16. The molecule has 0 saturated carbocycles. The van der Waals surface area contributed by atoms with Crippen LogP contribution in [-0.4, -0.2) is 34.7 Å². The second kappa shape index (κ2) is 6.75. The van der Waals surface area contributed by atoms with E-state index in [1.165, 1.54) is 32.7 Å². The topological polar surface area (TPSA) is 94.4 Å². The summed E-state index contributed by atoms with van der Waals surface area (Å²) in [5, 5.41) is 0.550. The first kappa shape index (κ1) is 17.9. The Labute approximate surface area is 149 Å². The summed E-state index contributed by atoms with van der Waals surface area (Å²) in [6, 6.07) is 7.12. The number of halogens is 1. The van der Waals surface area contributed by atoms with E-state index in [0.29, 0.717) is 22.4 Å². The molecule has 7 nitrogen and oxygen atoms in total. The molecule has 1 atom stereocenters. The lowest BCUT2D eigenvalue weighted by molar-refractivity contribution is 0.355. The van der Waals surface area contributed by atoms with Crippen molar-refractivity contribution in [2.45, 2.75) is 4.90 Å². The average molecular weight is 377 g/mol. The van der Waals surface area contributed by atoms with Crippen molar-refractivity contribution in [3.63, 3.8) is 0 Å². The average Bonchev–Trinajstić information content (AvgIpc) is 2.59. The van der Waals surface area contributed by atoms with Gasteiger partial charge in [-0.2, -0.15) is 0 Å². The van der Waals surface area contributed by atoms with Crippen molar-refractivity contribution in [1.29, 1.82) is 4.78 Å². The van der Waals surface area contributed by atoms with Crippen molar-refractivity contribution in [3.8, 4) is 23.1 Å². The molecule has 1 aromatic heterocycles. The highest BCUT2D eigenvalue weighted by Crippen LogP contribution is 2.36. The molecule has 136 valence electrons. The van der Waals surface area contributed by atoms with Gasteiger partial charge in [0.25, 0.3) is 0 Å². The number of fused-ring (bicyclic) bond motifs is 1. The number of benzene rings is 2. The van der Waals surface area contributed by atoms with Gasteiger partial charge in [0, 0.05) is 18.4 Å². The SMILES string of the molecule is COc1cc2ncnc(Oc3ccc(S(C)(=N)=O)c(F)c3)c2cc1OC. The summed E-state index contributed by atoms with van der Waals surface area (Å²) in [6.07, 6.45) is 2.47. The molecule has 1 heterocycles. The Bertz CT molecular complexity index is 1090. The summed E-state index contributed by atoms with van der Waals surface area (Å²) in [6.45, 7) is 0. The van der Waals surface area contributed by atoms with Gasteiger partial charge in [-0.05, 0) is 18.2 Å². The van der Waals surface area contributed by atoms with Crippen LogP contribution in [0, 0.1) is 10.6 Å². The molecule has 3 rings (SSSR count). The zero-order valence-corrected chi connectivity index (χ0v) is 15.1. The lowest BCUT2D eigenvalue weighted by atomic mass is 10.2. The third-order valence-electron chi connectivity index (χ3n) is 3.64. The van der Waals surface area contributed by atoms with E-state index < -0.39 is 15.5 Å². The van der Waals surface area contributed by atoms with Crippen LogP contribution in [0.4, 0.5) is 4.39 Å². The first-order chi connectivity index (χ1) is 12.3. The standard InChI is InChI=1S/C17H16FN3O4S/c1-23-14-7-11-13(8-15(14)24-2)20-9-21-17(11)25-10-4-5-16(12(18)6-10)26(3,19)22/h4-9,19H,1-3H3. The van der Waals surface area contributed by atoms with Crippen LogP contribution in [0.1, 0.15) is 0 Å². The van der Waals surface area contributed by atoms with Gasteiger partial charge in [0.2, 0.25) is 5.88 Å². The quantitative estimate of drug-likeness (QED) is 0.730. The van der Waals surface area contributed by atoms with E-state index in [-0.39, 0.29) is 16.5 Å². The monoisotopic (exact) mass is 377 g/mol. The van der Waals surface area contributed by atoms with Crippen LogP contribution in [0.5, 0.6) is 23.1 Å². The molecule has 0 radical (unpaired) electrons. The Kier molecular flexibility index (Phi) is 4.64. The minimum absolute atomic E-state index is 0.157. The van der Waals surface area contributed by atoms with E-state index >= 15 is 0 Å². The zero-order valence-electron chi connectivity index (χ0n) is 14.3. The first-order valence-corrected chi connectivity index (χ1v) is 9.38. The maximum atomic E-state index is 14.1. The molecule has 2 aromatic carbocycles. The summed E-state index contributed by atoms with van der Waals surface area (Å²) in [7, 11) is -0.137. The maximum absolute atomic E-state index is 14.1. The Morgan fingerprint density at radius 1 is 1.08 bits per heavy atom. The minimum Gasteiger partial charge on any atom is -0.493 e. The molecular formula is C17H16FN3O4S. The van der Waals surface area contributed by atoms with E-state index in [4.69, 9.17) is 19.0 Å². The number of aromatic nitrogens is 2. The van der Waals surface area contributed by atoms with Crippen LogP contribution < -0.4 is 14.2 Å². The largest absolute Gasteiger partial charge is 0.493 e. The fourth-order valence-electron chi connectivity index (χ4n) is 2.41. The van der Waals surface area contributed by atoms with Crippen LogP contribution in [0.15, 0.2) is 41.6 Å². The van der Waals surface area contributed by atoms with Crippen molar-refractivity contribution < 1.29 is 22.8 Å². The molecule has 0 aliphatic heterocycles. The fraction of sp³-hybridized carbons (Fsp3) is 0.176. The smallest absolute Gasteiger partial charge is 0.230 e. The van der Waals surface area contributed by atoms with Gasteiger partial charge in [-0.1, -0.05) is 0 Å². The van der Waals surface area contributed by atoms with E-state index in [0.717, 1.165) is 12.3 Å². The molecule has 0 aliphatic rings. The summed E-state index contributed by atoms with van der Waals surface area (Å²) < 4.78 is 49.5. The van der Waals surface area contributed by atoms with E-state index in [2.05, 4.69) is 9.97 Å². The molecule has 0 aliphatic carbocycles. The molecule has 0 spiro atoms. The molecule has 0 saturated heterocycles. The van der Waals surface area contributed by atoms with Gasteiger partial charge in [0.1, 0.15) is 17.9 Å². The van der Waals surface area contributed by atoms with Gasteiger partial charge in [-0.15, -0.1) is 0 Å². The highest BCUT2D eigenvalue weighted by atomic mass is 32.2. The molecule has 1 N–H and O–H groups in total. The van der Waals surface area contributed by atoms with E-state index in [1.54, 1.807) is 12.1 Å². The molecule has 0 bridgehead atoms. The predicted octanol–water partition coefficient (Wildman–Crippen LogP) is 3.61. The number of nitrogens with one attached hydrogen (secondary N) is 1. The fourth-order valence-corrected chi connectivity index (χ4v) is 3.17. The third-order valence-corrected chi connectivity index (χ3v) is 4.81. The van der Waals surface area contributed by atoms with Gasteiger partial charge in [0.15, 0.2) is 11.5 Å². The number of nitrogens with zero attached hydrogens (tertiary/aromatic N) is 2. The summed E-state index contributed by atoms with van der Waals surface area (Å²) >= 11 is 0. The Morgan fingerprint density at radius 3 is 2.38 bits per heavy atom. The number of hydrogen-bond donors (Lipinski definition) is 1. The Morgan fingerprint density at radius 2 is 1.77 bits per heavy atom. The second-order valence-electron chi connectivity index (χ2n) is 5.44. The molecule has 3 aromatic rings. The molecular weight excluding hydrogens is 361 g/mol. The maximum Gasteiger partial charge on any atom is 0.230 e. The summed E-state index contributed by atoms with van der Waals surface area (Å²) in [5.74, 6) is 0.563. The summed E-state index contributed by atoms with van der Waals surface area (Å²) in [5.41, 5.74) is 0.562. The number of ether oxygens (including phenoxy) is 3. The molecule has 1 unspecified atom stereocenters. The third kappa shape index (κ3) is 3.38. The van der Waals surface area contributed by atoms with Gasteiger partial charge in [-0.3, -0.25) is 0 Å². The molecule has 0 fully saturated rings. The van der Waals surface area contributed by atoms with Gasteiger partial charge in [-0.25, -0.2) is 23.3 Å². The zero-order chi connectivity index (χ0) is 18.9. The number of hydrogen-bond acceptors (Lipinski definition) is 7. The van der Waals surface area contributed by atoms with Crippen molar-refractivity contribution in [1.82, 2.24) is 9.97 Å². The van der Waals surface area contributed by atoms with E-state index in [9.17, 15) is 8.60 Å². The molecule has 9 heteroatoms. The lowest BCUT2D eigenvalue weighted by Crippen LogP contribution is -1.99. The van der Waals surface area contributed by atoms with Crippen molar-refractivity contribution in [2.75, 3.05) is 20.5 Å². The van der Waals surface area contributed by atoms with Crippen LogP contribution in [-0.2, 0) is 9.73 Å². The molecule has 26 heavy (non-hydrogen) atoms. The Balaban J connectivity index is 2.05. The van der Waals surface area contributed by atoms with Crippen molar-refractivity contribution in [2.24, 2.45) is 0 Å². The normalized spacial score (nSPS) is 13.2. The van der Waals surface area contributed by atoms with Crippen LogP contribution in [0.25, 0.3) is 10.9 Å². The first-order valence-electron chi connectivity index (χ1n) is 7.41. The Hall–Kier alpha value is -2.94. The van der Waals surface area contributed by atoms with Crippen molar-refractivity contribution >= 4 is 20.6 Å². The predicted molar refractivity (Wildman–Crippen MR) is 94.2 cm³/mol. The van der Waals surface area contributed by atoms with Crippen LogP contribution in [0.3, 0.4) is 0 Å².